The van der Waals surface area contributed by atoms with Crippen molar-refractivity contribution in [3.8, 4) is 16.9 Å². The molecular formula is C18H18F2O5. The van der Waals surface area contributed by atoms with E-state index < -0.39 is 29.3 Å². The van der Waals surface area contributed by atoms with Crippen molar-refractivity contribution in [1.29, 1.82) is 0 Å². The molecule has 2 rings (SSSR count). The fraction of sp³-hybridized carbons (Fsp3) is 0.222. The fourth-order valence-electron chi connectivity index (χ4n) is 1.93. The number of aromatic hydroxyl groups is 1. The first-order valence-electron chi connectivity index (χ1n) is 7.49. The summed E-state index contributed by atoms with van der Waals surface area (Å²) in [6, 6.07) is 6.64. The van der Waals surface area contributed by atoms with Crippen LogP contribution in [0.2, 0.25) is 0 Å². The number of benzene rings is 2. The standard InChI is InChI=1S/C13H8F2O3.C5H10O2/c14-8-2-3-9(11(15)6-8)7-1-4-12(16)10(5-7)13(17)18;1-2-3-4-5(6)7/h1-6,16H,(H,17,18);2-4H2,1H3,(H,6,7). The summed E-state index contributed by atoms with van der Waals surface area (Å²) in [6.07, 6.45) is 2.08. The molecule has 0 heterocycles. The van der Waals surface area contributed by atoms with Crippen molar-refractivity contribution in [3.05, 3.63) is 53.6 Å². The smallest absolute Gasteiger partial charge is 0.339 e. The third kappa shape index (κ3) is 6.21. The van der Waals surface area contributed by atoms with Gasteiger partial charge in [0.05, 0.1) is 0 Å². The first kappa shape index (κ1) is 20.1. The predicted octanol–water partition coefficient (Wildman–Crippen LogP) is 4.30. The van der Waals surface area contributed by atoms with Gasteiger partial charge in [0.1, 0.15) is 22.9 Å². The van der Waals surface area contributed by atoms with E-state index in [0.29, 0.717) is 12.5 Å². The Bertz CT molecular complexity index is 759. The number of halogens is 2. The van der Waals surface area contributed by atoms with Crippen molar-refractivity contribution in [2.75, 3.05) is 0 Å². The van der Waals surface area contributed by atoms with Gasteiger partial charge >= 0.3 is 11.9 Å². The van der Waals surface area contributed by atoms with E-state index in [1.807, 2.05) is 6.92 Å². The van der Waals surface area contributed by atoms with E-state index in [1.165, 1.54) is 12.1 Å². The average Bonchev–Trinajstić information content (AvgIpc) is 2.54. The van der Waals surface area contributed by atoms with Crippen LogP contribution in [0, 0.1) is 11.6 Å². The molecule has 0 spiro atoms. The van der Waals surface area contributed by atoms with Crippen molar-refractivity contribution in [2.45, 2.75) is 26.2 Å². The predicted molar refractivity (Wildman–Crippen MR) is 87.6 cm³/mol. The van der Waals surface area contributed by atoms with E-state index in [-0.39, 0.29) is 16.7 Å². The molecule has 0 amide bonds. The average molecular weight is 352 g/mol. The van der Waals surface area contributed by atoms with E-state index in [0.717, 1.165) is 31.0 Å². The van der Waals surface area contributed by atoms with Gasteiger partial charge in [-0.05, 0) is 36.2 Å². The Morgan fingerprint density at radius 3 is 2.20 bits per heavy atom. The molecule has 0 saturated carbocycles. The van der Waals surface area contributed by atoms with Crippen molar-refractivity contribution >= 4 is 11.9 Å². The fourth-order valence-corrected chi connectivity index (χ4v) is 1.93. The molecule has 0 unspecified atom stereocenters. The maximum Gasteiger partial charge on any atom is 0.339 e. The summed E-state index contributed by atoms with van der Waals surface area (Å²) >= 11 is 0. The second-order valence-electron chi connectivity index (χ2n) is 5.16. The van der Waals surface area contributed by atoms with Crippen LogP contribution in [0.4, 0.5) is 8.78 Å². The van der Waals surface area contributed by atoms with E-state index in [4.69, 9.17) is 10.2 Å². The van der Waals surface area contributed by atoms with Crippen molar-refractivity contribution in [3.63, 3.8) is 0 Å². The summed E-state index contributed by atoms with van der Waals surface area (Å²) in [5, 5.41) is 26.2. The highest BCUT2D eigenvalue weighted by atomic mass is 19.1. The van der Waals surface area contributed by atoms with Gasteiger partial charge in [0.25, 0.3) is 0 Å². The number of carboxylic acid groups (broad SMARTS) is 2. The molecule has 5 nitrogen and oxygen atoms in total. The van der Waals surface area contributed by atoms with Crippen LogP contribution in [-0.2, 0) is 4.79 Å². The Balaban J connectivity index is 0.000000381. The van der Waals surface area contributed by atoms with Crippen molar-refractivity contribution in [1.82, 2.24) is 0 Å². The second-order valence-corrected chi connectivity index (χ2v) is 5.16. The van der Waals surface area contributed by atoms with Gasteiger partial charge in [-0.25, -0.2) is 13.6 Å². The van der Waals surface area contributed by atoms with Gasteiger partial charge in [-0.2, -0.15) is 0 Å². The highest BCUT2D eigenvalue weighted by Gasteiger charge is 2.13. The SMILES string of the molecule is CCCCC(=O)O.O=C(O)c1cc(-c2ccc(F)cc2F)ccc1O. The number of aliphatic carboxylic acids is 1. The van der Waals surface area contributed by atoms with Gasteiger partial charge in [0.2, 0.25) is 0 Å². The molecule has 0 aliphatic rings. The van der Waals surface area contributed by atoms with Gasteiger partial charge in [-0.3, -0.25) is 4.79 Å². The molecule has 7 heteroatoms. The Morgan fingerprint density at radius 2 is 1.72 bits per heavy atom. The van der Waals surface area contributed by atoms with E-state index in [1.54, 1.807) is 0 Å². The largest absolute Gasteiger partial charge is 0.507 e. The van der Waals surface area contributed by atoms with Crippen molar-refractivity contribution in [2.24, 2.45) is 0 Å². The molecule has 0 saturated heterocycles. The number of hydrogen-bond donors (Lipinski definition) is 3. The molecule has 2 aromatic rings. The number of hydrogen-bond acceptors (Lipinski definition) is 3. The Kier molecular flexibility index (Phi) is 7.52. The summed E-state index contributed by atoms with van der Waals surface area (Å²) in [5.74, 6) is -3.93. The van der Waals surface area contributed by atoms with Gasteiger partial charge < -0.3 is 15.3 Å². The molecule has 0 aliphatic heterocycles. The normalized spacial score (nSPS) is 9.88. The minimum absolute atomic E-state index is 0.0684. The number of carbonyl (C=O) groups is 2. The van der Waals surface area contributed by atoms with Gasteiger partial charge in [0, 0.05) is 18.1 Å². The van der Waals surface area contributed by atoms with Crippen LogP contribution in [0.15, 0.2) is 36.4 Å². The van der Waals surface area contributed by atoms with Crippen LogP contribution in [0.3, 0.4) is 0 Å². The number of carboxylic acids is 2. The lowest BCUT2D eigenvalue weighted by Gasteiger charge is -2.06. The maximum atomic E-state index is 13.5. The van der Waals surface area contributed by atoms with E-state index in [2.05, 4.69) is 0 Å². The van der Waals surface area contributed by atoms with Crippen molar-refractivity contribution < 1.29 is 33.7 Å². The number of phenols is 1. The van der Waals surface area contributed by atoms with Crippen LogP contribution in [-0.4, -0.2) is 27.3 Å². The molecule has 134 valence electrons. The molecule has 0 radical (unpaired) electrons. The van der Waals surface area contributed by atoms with Gasteiger partial charge in [0.15, 0.2) is 0 Å². The van der Waals surface area contributed by atoms with Crippen LogP contribution >= 0.6 is 0 Å². The minimum atomic E-state index is -1.32. The first-order valence-corrected chi connectivity index (χ1v) is 7.49. The zero-order valence-electron chi connectivity index (χ0n) is 13.5. The third-order valence-corrected chi connectivity index (χ3v) is 3.21. The molecule has 25 heavy (non-hydrogen) atoms. The van der Waals surface area contributed by atoms with E-state index >= 15 is 0 Å². The first-order chi connectivity index (χ1) is 11.8. The van der Waals surface area contributed by atoms with Crippen LogP contribution in [0.5, 0.6) is 5.75 Å². The van der Waals surface area contributed by atoms with E-state index in [9.17, 15) is 23.5 Å². The van der Waals surface area contributed by atoms with Crippen LogP contribution in [0.25, 0.3) is 11.1 Å². The van der Waals surface area contributed by atoms with Gasteiger partial charge in [-0.1, -0.05) is 19.4 Å². The summed E-state index contributed by atoms with van der Waals surface area (Å²) in [4.78, 5) is 20.6. The minimum Gasteiger partial charge on any atom is -0.507 e. The number of unbranched alkanes of at least 4 members (excludes halogenated alkanes) is 1. The molecule has 0 aromatic heterocycles. The lowest BCUT2D eigenvalue weighted by atomic mass is 10.0. The molecule has 0 aliphatic carbocycles. The summed E-state index contributed by atoms with van der Waals surface area (Å²) in [7, 11) is 0. The molecule has 0 fully saturated rings. The van der Waals surface area contributed by atoms with Crippen LogP contribution in [0.1, 0.15) is 36.5 Å². The molecule has 0 atom stereocenters. The molecular weight excluding hydrogens is 334 g/mol. The molecule has 0 bridgehead atoms. The third-order valence-electron chi connectivity index (χ3n) is 3.21. The highest BCUT2D eigenvalue weighted by Crippen LogP contribution is 2.28. The molecule has 3 N–H and O–H groups in total. The summed E-state index contributed by atoms with van der Waals surface area (Å²) in [6.45, 7) is 1.98. The lowest BCUT2D eigenvalue weighted by molar-refractivity contribution is -0.137. The Hall–Kier alpha value is -2.96. The quantitative estimate of drug-likeness (QED) is 0.746. The highest BCUT2D eigenvalue weighted by molar-refractivity contribution is 5.92. The topological polar surface area (TPSA) is 94.8 Å². The molecule has 2 aromatic carbocycles. The number of aromatic carboxylic acids is 1. The summed E-state index contributed by atoms with van der Waals surface area (Å²) < 4.78 is 26.3. The van der Waals surface area contributed by atoms with Gasteiger partial charge in [-0.15, -0.1) is 0 Å². The lowest BCUT2D eigenvalue weighted by Crippen LogP contribution is -1.97. The summed E-state index contributed by atoms with van der Waals surface area (Å²) in [5.41, 5.74) is -0.0159. The zero-order valence-corrected chi connectivity index (χ0v) is 13.5. The Morgan fingerprint density at radius 1 is 1.04 bits per heavy atom. The Labute approximate surface area is 143 Å². The monoisotopic (exact) mass is 352 g/mol. The number of rotatable bonds is 5. The zero-order chi connectivity index (χ0) is 19.0. The van der Waals surface area contributed by atoms with Crippen LogP contribution < -0.4 is 0 Å². The maximum absolute atomic E-state index is 13.5. The second kappa shape index (κ2) is 9.36.